The van der Waals surface area contributed by atoms with Crippen molar-refractivity contribution >= 4 is 18.0 Å². The van der Waals surface area contributed by atoms with E-state index in [4.69, 9.17) is 0 Å². The molecular formula is C13H24N4O4. The topological polar surface area (TPSA) is 111 Å². The molecule has 0 unspecified atom stereocenters. The molecule has 0 heterocycles. The Morgan fingerprint density at radius 3 is 2.14 bits per heavy atom. The van der Waals surface area contributed by atoms with E-state index < -0.39 is 17.4 Å². The van der Waals surface area contributed by atoms with Gasteiger partial charge in [0.15, 0.2) is 0 Å². The molecule has 1 aliphatic rings. The summed E-state index contributed by atoms with van der Waals surface area (Å²) in [5, 5.41) is 17.1. The second-order valence-electron chi connectivity index (χ2n) is 5.53. The van der Waals surface area contributed by atoms with Crippen molar-refractivity contribution < 1.29 is 19.5 Å². The Hall–Kier alpha value is -1.99. The molecule has 1 rings (SSSR count). The normalized spacial score (nSPS) is 16.1. The predicted octanol–water partition coefficient (Wildman–Crippen LogP) is 0.202. The molecule has 4 N–H and O–H groups in total. The van der Waals surface area contributed by atoms with E-state index in [0.29, 0.717) is 19.4 Å². The van der Waals surface area contributed by atoms with Gasteiger partial charge in [-0.15, -0.1) is 0 Å². The zero-order valence-electron chi connectivity index (χ0n) is 12.6. The Kier molecular flexibility index (Phi) is 6.26. The molecule has 8 heteroatoms. The molecule has 0 aromatic heterocycles. The van der Waals surface area contributed by atoms with Crippen molar-refractivity contribution in [2.45, 2.75) is 25.7 Å². The molecule has 120 valence electrons. The first kappa shape index (κ1) is 17.1. The van der Waals surface area contributed by atoms with Crippen molar-refractivity contribution in [2.75, 3.05) is 33.7 Å². The van der Waals surface area contributed by atoms with Crippen LogP contribution in [0.5, 0.6) is 0 Å². The number of rotatable bonds is 6. The Morgan fingerprint density at radius 2 is 1.62 bits per heavy atom. The van der Waals surface area contributed by atoms with Gasteiger partial charge < -0.3 is 26.0 Å². The van der Waals surface area contributed by atoms with Crippen LogP contribution in [0.15, 0.2) is 0 Å². The number of urea groups is 2. The maximum Gasteiger partial charge on any atom is 0.316 e. The molecule has 0 spiro atoms. The zero-order chi connectivity index (χ0) is 15.9. The maximum absolute atomic E-state index is 11.6. The minimum absolute atomic E-state index is 0.137. The molecular weight excluding hydrogens is 276 g/mol. The number of carbonyl (C=O) groups is 3. The first-order valence-electron chi connectivity index (χ1n) is 7.08. The number of carboxylic acid groups (broad SMARTS) is 1. The summed E-state index contributed by atoms with van der Waals surface area (Å²) in [7, 11) is 3.25. The van der Waals surface area contributed by atoms with Gasteiger partial charge in [-0.3, -0.25) is 4.79 Å². The Bertz CT molecular complexity index is 392. The number of hydrogen-bond donors (Lipinski definition) is 4. The van der Waals surface area contributed by atoms with Crippen LogP contribution in [0.2, 0.25) is 0 Å². The van der Waals surface area contributed by atoms with Crippen molar-refractivity contribution in [2.24, 2.45) is 5.41 Å². The van der Waals surface area contributed by atoms with E-state index in [1.165, 1.54) is 4.90 Å². The van der Waals surface area contributed by atoms with Crippen LogP contribution in [0.25, 0.3) is 0 Å². The molecule has 0 aliphatic heterocycles. The molecule has 4 amide bonds. The maximum atomic E-state index is 11.6. The summed E-state index contributed by atoms with van der Waals surface area (Å²) in [5.41, 5.74) is -0.823. The van der Waals surface area contributed by atoms with E-state index in [9.17, 15) is 19.5 Å². The molecule has 1 aliphatic carbocycles. The summed E-state index contributed by atoms with van der Waals surface area (Å²) in [6.45, 7) is 0.734. The third kappa shape index (κ3) is 5.13. The minimum Gasteiger partial charge on any atom is -0.481 e. The third-order valence-electron chi connectivity index (χ3n) is 3.69. The molecule has 1 saturated carbocycles. The number of aliphatic carboxylic acids is 1. The average Bonchev–Trinajstić information content (AvgIpc) is 2.91. The Morgan fingerprint density at radius 1 is 1.05 bits per heavy atom. The molecule has 21 heavy (non-hydrogen) atoms. The van der Waals surface area contributed by atoms with Gasteiger partial charge in [0.25, 0.3) is 0 Å². The van der Waals surface area contributed by atoms with Crippen molar-refractivity contribution in [1.29, 1.82) is 0 Å². The predicted molar refractivity (Wildman–Crippen MR) is 77.0 cm³/mol. The highest BCUT2D eigenvalue weighted by molar-refractivity contribution is 5.78. The van der Waals surface area contributed by atoms with Crippen LogP contribution in [0.1, 0.15) is 25.7 Å². The van der Waals surface area contributed by atoms with Gasteiger partial charge in [-0.25, -0.2) is 9.59 Å². The fraction of sp³-hybridized carbons (Fsp3) is 0.769. The Balaban J connectivity index is 2.22. The largest absolute Gasteiger partial charge is 0.481 e. The van der Waals surface area contributed by atoms with E-state index in [2.05, 4.69) is 16.0 Å². The number of nitrogens with one attached hydrogen (secondary N) is 3. The van der Waals surface area contributed by atoms with E-state index in [-0.39, 0.29) is 19.1 Å². The summed E-state index contributed by atoms with van der Waals surface area (Å²) < 4.78 is 0. The summed E-state index contributed by atoms with van der Waals surface area (Å²) in [6, 6.07) is -0.644. The molecule has 8 nitrogen and oxygen atoms in total. The molecule has 0 radical (unpaired) electrons. The second kappa shape index (κ2) is 7.70. The van der Waals surface area contributed by atoms with E-state index in [1.54, 1.807) is 14.1 Å². The summed E-state index contributed by atoms with van der Waals surface area (Å²) in [6.07, 6.45) is 2.96. The molecule has 1 fully saturated rings. The first-order chi connectivity index (χ1) is 9.87. The SMILES string of the molecule is CN(C)C(=O)NCCNC(=O)NCC1(C(=O)O)CCCC1. The monoisotopic (exact) mass is 300 g/mol. The highest BCUT2D eigenvalue weighted by Gasteiger charge is 2.41. The van der Waals surface area contributed by atoms with Crippen LogP contribution in [-0.2, 0) is 4.79 Å². The molecule has 0 saturated heterocycles. The van der Waals surface area contributed by atoms with Gasteiger partial charge in [-0.05, 0) is 12.8 Å². The van der Waals surface area contributed by atoms with E-state index in [0.717, 1.165) is 12.8 Å². The highest BCUT2D eigenvalue weighted by Crippen LogP contribution is 2.37. The van der Waals surface area contributed by atoms with E-state index in [1.807, 2.05) is 0 Å². The second-order valence-corrected chi connectivity index (χ2v) is 5.53. The van der Waals surface area contributed by atoms with Gasteiger partial charge in [0.1, 0.15) is 0 Å². The third-order valence-corrected chi connectivity index (χ3v) is 3.69. The number of hydrogen-bond acceptors (Lipinski definition) is 3. The van der Waals surface area contributed by atoms with Gasteiger partial charge in [0, 0.05) is 33.7 Å². The average molecular weight is 300 g/mol. The fourth-order valence-corrected chi connectivity index (χ4v) is 2.33. The van der Waals surface area contributed by atoms with Crippen LogP contribution in [0.4, 0.5) is 9.59 Å². The molecule has 0 atom stereocenters. The van der Waals surface area contributed by atoms with Gasteiger partial charge >= 0.3 is 18.0 Å². The van der Waals surface area contributed by atoms with Gasteiger partial charge in [-0.1, -0.05) is 12.8 Å². The molecule has 0 aromatic carbocycles. The summed E-state index contributed by atoms with van der Waals surface area (Å²) >= 11 is 0. The number of carbonyl (C=O) groups excluding carboxylic acids is 2. The fourth-order valence-electron chi connectivity index (χ4n) is 2.33. The quantitative estimate of drug-likeness (QED) is 0.525. The van der Waals surface area contributed by atoms with Gasteiger partial charge in [0.05, 0.1) is 5.41 Å². The Labute approximate surface area is 124 Å². The molecule has 0 aromatic rings. The van der Waals surface area contributed by atoms with Crippen LogP contribution in [0, 0.1) is 5.41 Å². The standard InChI is InChI=1S/C13H24N4O4/c1-17(2)12(21)15-8-7-14-11(20)16-9-13(10(18)19)5-3-4-6-13/h3-9H2,1-2H3,(H,15,21)(H,18,19)(H2,14,16,20). The minimum atomic E-state index is -0.849. The summed E-state index contributed by atoms with van der Waals surface area (Å²) in [5.74, 6) is -0.849. The van der Waals surface area contributed by atoms with Gasteiger partial charge in [-0.2, -0.15) is 0 Å². The van der Waals surface area contributed by atoms with Gasteiger partial charge in [0.2, 0.25) is 0 Å². The lowest BCUT2D eigenvalue weighted by atomic mass is 9.86. The van der Waals surface area contributed by atoms with Crippen LogP contribution < -0.4 is 16.0 Å². The first-order valence-corrected chi connectivity index (χ1v) is 7.08. The smallest absolute Gasteiger partial charge is 0.316 e. The zero-order valence-corrected chi connectivity index (χ0v) is 12.6. The van der Waals surface area contributed by atoms with Crippen molar-refractivity contribution in [1.82, 2.24) is 20.9 Å². The molecule has 0 bridgehead atoms. The van der Waals surface area contributed by atoms with Crippen molar-refractivity contribution in [3.05, 3.63) is 0 Å². The van der Waals surface area contributed by atoms with Crippen molar-refractivity contribution in [3.8, 4) is 0 Å². The van der Waals surface area contributed by atoms with Crippen LogP contribution in [0.3, 0.4) is 0 Å². The van der Waals surface area contributed by atoms with E-state index >= 15 is 0 Å². The number of amides is 4. The van der Waals surface area contributed by atoms with Crippen molar-refractivity contribution in [3.63, 3.8) is 0 Å². The lowest BCUT2D eigenvalue weighted by molar-refractivity contribution is -0.148. The summed E-state index contributed by atoms with van der Waals surface area (Å²) in [4.78, 5) is 35.5. The van der Waals surface area contributed by atoms with Crippen LogP contribution >= 0.6 is 0 Å². The van der Waals surface area contributed by atoms with Crippen LogP contribution in [-0.4, -0.2) is 61.8 Å². The number of carboxylic acids is 1. The highest BCUT2D eigenvalue weighted by atomic mass is 16.4. The number of nitrogens with zero attached hydrogens (tertiary/aromatic N) is 1. The lowest BCUT2D eigenvalue weighted by Gasteiger charge is -2.24. The lowest BCUT2D eigenvalue weighted by Crippen LogP contribution is -2.47.